The zero-order valence-corrected chi connectivity index (χ0v) is 19.8. The van der Waals surface area contributed by atoms with Crippen molar-refractivity contribution < 1.29 is 28.5 Å². The summed E-state index contributed by atoms with van der Waals surface area (Å²) in [5.74, 6) is 2.37. The van der Waals surface area contributed by atoms with Crippen LogP contribution in [0.2, 0.25) is 0 Å². The standard InChI is InChI=1S/C28H30O6/c1-30-24-11-9-21(16-26(24)31-2)14-23-22(18-34-28(23)29)13-20-10-12-25(27(15-20)32-3)33-17-19-7-5-4-6-8-19/h4-12,15-16,22-23H,13-14,17-18H2,1-3H3/t22-,23+/m0/s1. The molecule has 1 heterocycles. The van der Waals surface area contributed by atoms with E-state index in [2.05, 4.69) is 0 Å². The first-order valence-corrected chi connectivity index (χ1v) is 11.3. The third kappa shape index (κ3) is 5.45. The van der Waals surface area contributed by atoms with Gasteiger partial charge in [-0.2, -0.15) is 0 Å². The molecule has 0 radical (unpaired) electrons. The molecule has 0 unspecified atom stereocenters. The molecular weight excluding hydrogens is 432 g/mol. The molecule has 6 nitrogen and oxygen atoms in total. The van der Waals surface area contributed by atoms with Crippen molar-refractivity contribution in [2.24, 2.45) is 11.8 Å². The zero-order chi connectivity index (χ0) is 23.9. The summed E-state index contributed by atoms with van der Waals surface area (Å²) in [6.45, 7) is 0.875. The highest BCUT2D eigenvalue weighted by Gasteiger charge is 2.37. The lowest BCUT2D eigenvalue weighted by atomic mass is 9.85. The molecule has 0 aromatic heterocycles. The maximum Gasteiger partial charge on any atom is 0.309 e. The van der Waals surface area contributed by atoms with Gasteiger partial charge in [0.25, 0.3) is 0 Å². The molecule has 3 aromatic rings. The van der Waals surface area contributed by atoms with Crippen LogP contribution in [0.25, 0.3) is 0 Å². The van der Waals surface area contributed by atoms with Crippen LogP contribution in [0.3, 0.4) is 0 Å². The van der Waals surface area contributed by atoms with Gasteiger partial charge in [-0.1, -0.05) is 42.5 Å². The van der Waals surface area contributed by atoms with Crippen molar-refractivity contribution in [2.45, 2.75) is 19.4 Å². The molecule has 0 saturated carbocycles. The summed E-state index contributed by atoms with van der Waals surface area (Å²) in [7, 11) is 4.85. The van der Waals surface area contributed by atoms with E-state index in [4.69, 9.17) is 23.7 Å². The second kappa shape index (κ2) is 11.0. The van der Waals surface area contributed by atoms with Gasteiger partial charge in [-0.25, -0.2) is 0 Å². The lowest BCUT2D eigenvalue weighted by molar-refractivity contribution is -0.141. The van der Waals surface area contributed by atoms with E-state index in [1.54, 1.807) is 21.3 Å². The molecule has 34 heavy (non-hydrogen) atoms. The minimum atomic E-state index is -0.224. The molecule has 0 aliphatic carbocycles. The van der Waals surface area contributed by atoms with Gasteiger partial charge in [-0.3, -0.25) is 4.79 Å². The number of cyclic esters (lactones) is 1. The van der Waals surface area contributed by atoms with Crippen molar-refractivity contribution in [3.63, 3.8) is 0 Å². The predicted octanol–water partition coefficient (Wildman–Crippen LogP) is 4.87. The van der Waals surface area contributed by atoms with E-state index in [9.17, 15) is 4.79 Å². The Balaban J connectivity index is 1.45. The minimum Gasteiger partial charge on any atom is -0.493 e. The first kappa shape index (κ1) is 23.5. The molecule has 178 valence electrons. The fraction of sp³-hybridized carbons (Fsp3) is 0.321. The highest BCUT2D eigenvalue weighted by molar-refractivity contribution is 5.75. The summed E-state index contributed by atoms with van der Waals surface area (Å²) in [6, 6.07) is 21.7. The number of hydrogen-bond acceptors (Lipinski definition) is 6. The van der Waals surface area contributed by atoms with Crippen LogP contribution in [-0.4, -0.2) is 33.9 Å². The molecule has 1 aliphatic heterocycles. The number of esters is 1. The molecule has 1 aliphatic rings. The smallest absolute Gasteiger partial charge is 0.309 e. The summed E-state index contributed by atoms with van der Waals surface area (Å²) in [5.41, 5.74) is 3.17. The van der Waals surface area contributed by atoms with Gasteiger partial charge in [-0.05, 0) is 53.8 Å². The number of carbonyl (C=O) groups is 1. The van der Waals surface area contributed by atoms with Gasteiger partial charge in [0.05, 0.1) is 33.9 Å². The van der Waals surface area contributed by atoms with E-state index >= 15 is 0 Å². The van der Waals surface area contributed by atoms with E-state index in [1.165, 1.54) is 0 Å². The Bertz CT molecular complexity index is 1110. The number of hydrogen-bond donors (Lipinski definition) is 0. The Morgan fingerprint density at radius 1 is 0.735 bits per heavy atom. The lowest BCUT2D eigenvalue weighted by Gasteiger charge is -2.18. The number of methoxy groups -OCH3 is 3. The molecule has 1 fully saturated rings. The molecule has 3 aromatic carbocycles. The van der Waals surface area contributed by atoms with Crippen molar-refractivity contribution in [3.8, 4) is 23.0 Å². The largest absolute Gasteiger partial charge is 0.493 e. The van der Waals surface area contributed by atoms with Crippen LogP contribution >= 0.6 is 0 Å². The molecule has 4 rings (SSSR count). The minimum absolute atomic E-state index is 0.0707. The fourth-order valence-electron chi connectivity index (χ4n) is 4.31. The van der Waals surface area contributed by atoms with Crippen molar-refractivity contribution >= 4 is 5.97 Å². The Hall–Kier alpha value is -3.67. The van der Waals surface area contributed by atoms with E-state index in [0.717, 1.165) is 16.7 Å². The Labute approximate surface area is 200 Å². The SMILES string of the molecule is COc1ccc(C[C@H]2C(=O)OC[C@@H]2Cc2ccc(OCc3ccccc3)c(OC)c2)cc1OC. The van der Waals surface area contributed by atoms with Gasteiger partial charge < -0.3 is 23.7 Å². The first-order chi connectivity index (χ1) is 16.6. The second-order valence-corrected chi connectivity index (χ2v) is 8.35. The quantitative estimate of drug-likeness (QED) is 0.401. The van der Waals surface area contributed by atoms with Crippen LogP contribution in [0.4, 0.5) is 0 Å². The average molecular weight is 463 g/mol. The molecule has 1 saturated heterocycles. The van der Waals surface area contributed by atoms with Gasteiger partial charge in [-0.15, -0.1) is 0 Å². The lowest BCUT2D eigenvalue weighted by Crippen LogP contribution is -2.20. The third-order valence-electron chi connectivity index (χ3n) is 6.18. The predicted molar refractivity (Wildman–Crippen MR) is 129 cm³/mol. The summed E-state index contributed by atoms with van der Waals surface area (Å²) >= 11 is 0. The van der Waals surface area contributed by atoms with Crippen LogP contribution in [-0.2, 0) is 29.0 Å². The van der Waals surface area contributed by atoms with Crippen LogP contribution in [0.5, 0.6) is 23.0 Å². The van der Waals surface area contributed by atoms with Crippen LogP contribution in [0, 0.1) is 11.8 Å². The second-order valence-electron chi connectivity index (χ2n) is 8.35. The molecule has 2 atom stereocenters. The maximum absolute atomic E-state index is 12.5. The summed E-state index contributed by atoms with van der Waals surface area (Å²) < 4.78 is 27.7. The molecule has 0 spiro atoms. The van der Waals surface area contributed by atoms with E-state index in [0.29, 0.717) is 49.1 Å². The molecule has 0 N–H and O–H groups in total. The average Bonchev–Trinajstić information content (AvgIpc) is 3.22. The maximum atomic E-state index is 12.5. The highest BCUT2D eigenvalue weighted by atomic mass is 16.5. The van der Waals surface area contributed by atoms with Crippen LogP contribution in [0.1, 0.15) is 16.7 Å². The normalized spacial score (nSPS) is 17.2. The summed E-state index contributed by atoms with van der Waals surface area (Å²) in [6.07, 6.45) is 1.29. The van der Waals surface area contributed by atoms with Gasteiger partial charge in [0.1, 0.15) is 6.61 Å². The van der Waals surface area contributed by atoms with E-state index < -0.39 is 0 Å². The molecule has 0 amide bonds. The number of rotatable bonds is 10. The summed E-state index contributed by atoms with van der Waals surface area (Å²) in [4.78, 5) is 12.5. The summed E-state index contributed by atoms with van der Waals surface area (Å²) in [5, 5.41) is 0. The topological polar surface area (TPSA) is 63.2 Å². The molecule has 0 bridgehead atoms. The van der Waals surface area contributed by atoms with Crippen molar-refractivity contribution in [3.05, 3.63) is 83.4 Å². The van der Waals surface area contributed by atoms with Crippen molar-refractivity contribution in [1.82, 2.24) is 0 Å². The van der Waals surface area contributed by atoms with Crippen molar-refractivity contribution in [1.29, 1.82) is 0 Å². The number of benzene rings is 3. The van der Waals surface area contributed by atoms with Gasteiger partial charge in [0.2, 0.25) is 0 Å². The van der Waals surface area contributed by atoms with Gasteiger partial charge in [0, 0.05) is 5.92 Å². The Morgan fingerprint density at radius 2 is 1.35 bits per heavy atom. The number of ether oxygens (including phenoxy) is 5. The zero-order valence-electron chi connectivity index (χ0n) is 19.8. The fourth-order valence-corrected chi connectivity index (χ4v) is 4.31. The van der Waals surface area contributed by atoms with Crippen LogP contribution < -0.4 is 18.9 Å². The Morgan fingerprint density at radius 3 is 2.03 bits per heavy atom. The van der Waals surface area contributed by atoms with Crippen LogP contribution in [0.15, 0.2) is 66.7 Å². The van der Waals surface area contributed by atoms with E-state index in [-0.39, 0.29) is 17.8 Å². The van der Waals surface area contributed by atoms with Gasteiger partial charge in [0.15, 0.2) is 23.0 Å². The number of carbonyl (C=O) groups excluding carboxylic acids is 1. The van der Waals surface area contributed by atoms with Crippen molar-refractivity contribution in [2.75, 3.05) is 27.9 Å². The highest BCUT2D eigenvalue weighted by Crippen LogP contribution is 2.35. The third-order valence-corrected chi connectivity index (χ3v) is 6.18. The first-order valence-electron chi connectivity index (χ1n) is 11.3. The molecule has 6 heteroatoms. The Kier molecular flexibility index (Phi) is 7.58. The molecular formula is C28H30O6. The van der Waals surface area contributed by atoms with Gasteiger partial charge >= 0.3 is 5.97 Å². The van der Waals surface area contributed by atoms with E-state index in [1.807, 2.05) is 66.7 Å². The monoisotopic (exact) mass is 462 g/mol.